The van der Waals surface area contributed by atoms with Gasteiger partial charge in [-0.3, -0.25) is 9.59 Å². The van der Waals surface area contributed by atoms with Crippen LogP contribution in [-0.4, -0.2) is 25.0 Å². The van der Waals surface area contributed by atoms with Gasteiger partial charge in [0.05, 0.1) is 0 Å². The van der Waals surface area contributed by atoms with Gasteiger partial charge in [-0.25, -0.2) is 0 Å². The summed E-state index contributed by atoms with van der Waals surface area (Å²) in [6.45, 7) is 0.437. The summed E-state index contributed by atoms with van der Waals surface area (Å²) in [5, 5.41) is 2.71. The monoisotopic (exact) mass is 418 g/mol. The maximum Gasteiger partial charge on any atom is 0.254 e. The van der Waals surface area contributed by atoms with Crippen molar-refractivity contribution in [3.05, 3.63) is 102 Å². The van der Waals surface area contributed by atoms with E-state index in [0.717, 1.165) is 11.1 Å². The van der Waals surface area contributed by atoms with Crippen molar-refractivity contribution >= 4 is 11.8 Å². The van der Waals surface area contributed by atoms with Gasteiger partial charge in [-0.1, -0.05) is 72.8 Å². The van der Waals surface area contributed by atoms with Crippen LogP contribution in [0.5, 0.6) is 5.75 Å². The number of primary amides is 1. The Labute approximate surface area is 182 Å². The van der Waals surface area contributed by atoms with Crippen LogP contribution in [0.1, 0.15) is 22.8 Å². The predicted octanol–water partition coefficient (Wildman–Crippen LogP) is 3.17. The molecule has 0 aliphatic carbocycles. The fourth-order valence-corrected chi connectivity index (χ4v) is 3.23. The summed E-state index contributed by atoms with van der Waals surface area (Å²) in [5.41, 5.74) is 8.14. The first kappa shape index (κ1) is 22.1. The lowest BCUT2D eigenvalue weighted by Gasteiger charge is -2.20. The fraction of sp³-hybridized carbons (Fsp3) is 0.200. The van der Waals surface area contributed by atoms with Crippen molar-refractivity contribution in [2.24, 2.45) is 5.73 Å². The van der Waals surface area contributed by atoms with Gasteiger partial charge >= 0.3 is 0 Å². The normalized spacial score (nSPS) is 12.5. The highest BCUT2D eigenvalue weighted by Crippen LogP contribution is 2.19. The lowest BCUT2D eigenvalue weighted by atomic mass is 10.0. The zero-order valence-electron chi connectivity index (χ0n) is 17.4. The molecule has 3 N–H and O–H groups in total. The molecule has 0 fully saturated rings. The van der Waals surface area contributed by atoms with Gasteiger partial charge in [0.25, 0.3) is 5.91 Å². The van der Waals surface area contributed by atoms with Gasteiger partial charge in [0.1, 0.15) is 18.4 Å². The summed E-state index contributed by atoms with van der Waals surface area (Å²) in [7, 11) is 1.45. The molecule has 0 radical (unpaired) electrons. The second-order valence-corrected chi connectivity index (χ2v) is 7.12. The first-order valence-electron chi connectivity index (χ1n) is 10.00. The SMILES string of the molecule is CO[C@H](C(=O)N[C@H](Cc1cccc(OCc2ccccc2)c1)C(N)=O)c1ccccc1. The van der Waals surface area contributed by atoms with Gasteiger partial charge in [-0.15, -0.1) is 0 Å². The number of rotatable bonds is 10. The van der Waals surface area contributed by atoms with E-state index < -0.39 is 24.0 Å². The Kier molecular flexibility index (Phi) is 7.79. The van der Waals surface area contributed by atoms with E-state index in [9.17, 15) is 9.59 Å². The summed E-state index contributed by atoms with van der Waals surface area (Å²) in [6.07, 6.45) is -0.585. The third-order valence-corrected chi connectivity index (χ3v) is 4.82. The number of methoxy groups -OCH3 is 1. The van der Waals surface area contributed by atoms with E-state index in [0.29, 0.717) is 17.9 Å². The molecular weight excluding hydrogens is 392 g/mol. The van der Waals surface area contributed by atoms with Crippen LogP contribution in [0.2, 0.25) is 0 Å². The Morgan fingerprint density at radius 2 is 1.55 bits per heavy atom. The van der Waals surface area contributed by atoms with Crippen LogP contribution in [0.25, 0.3) is 0 Å². The summed E-state index contributed by atoms with van der Waals surface area (Å²) in [4.78, 5) is 24.8. The molecule has 6 heteroatoms. The molecule has 0 unspecified atom stereocenters. The Balaban J connectivity index is 1.65. The minimum absolute atomic E-state index is 0.245. The van der Waals surface area contributed by atoms with E-state index in [-0.39, 0.29) is 6.42 Å². The summed E-state index contributed by atoms with van der Waals surface area (Å²) < 4.78 is 11.2. The molecular formula is C25H26N2O4. The second-order valence-electron chi connectivity index (χ2n) is 7.12. The molecule has 31 heavy (non-hydrogen) atoms. The molecule has 3 aromatic rings. The van der Waals surface area contributed by atoms with Crippen LogP contribution in [0, 0.1) is 0 Å². The number of ether oxygens (including phenoxy) is 2. The number of hydrogen-bond donors (Lipinski definition) is 2. The van der Waals surface area contributed by atoms with E-state index in [1.807, 2.05) is 72.8 Å². The molecule has 3 aromatic carbocycles. The van der Waals surface area contributed by atoms with Crippen molar-refractivity contribution in [1.29, 1.82) is 0 Å². The first-order valence-corrected chi connectivity index (χ1v) is 10.00. The molecule has 0 spiro atoms. The number of benzene rings is 3. The van der Waals surface area contributed by atoms with Crippen LogP contribution >= 0.6 is 0 Å². The third kappa shape index (κ3) is 6.42. The van der Waals surface area contributed by atoms with Crippen LogP contribution in [0.3, 0.4) is 0 Å². The molecule has 0 saturated heterocycles. The molecule has 0 heterocycles. The summed E-state index contributed by atoms with van der Waals surface area (Å²) in [5.74, 6) is -0.365. The third-order valence-electron chi connectivity index (χ3n) is 4.82. The van der Waals surface area contributed by atoms with Gasteiger partial charge in [-0.2, -0.15) is 0 Å². The highest BCUT2D eigenvalue weighted by Gasteiger charge is 2.25. The van der Waals surface area contributed by atoms with Gasteiger partial charge in [0, 0.05) is 13.5 Å². The average molecular weight is 418 g/mol. The second kappa shape index (κ2) is 10.9. The molecule has 6 nitrogen and oxygen atoms in total. The van der Waals surface area contributed by atoms with Gasteiger partial charge < -0.3 is 20.5 Å². The van der Waals surface area contributed by atoms with Crippen LogP contribution in [-0.2, 0) is 27.4 Å². The van der Waals surface area contributed by atoms with Crippen molar-refractivity contribution in [2.75, 3.05) is 7.11 Å². The van der Waals surface area contributed by atoms with Crippen molar-refractivity contribution in [3.63, 3.8) is 0 Å². The molecule has 2 atom stereocenters. The lowest BCUT2D eigenvalue weighted by Crippen LogP contribution is -2.47. The van der Waals surface area contributed by atoms with E-state index in [1.165, 1.54) is 7.11 Å². The Bertz CT molecular complexity index is 993. The topological polar surface area (TPSA) is 90.7 Å². The zero-order chi connectivity index (χ0) is 22.1. The lowest BCUT2D eigenvalue weighted by molar-refractivity contribution is -0.134. The summed E-state index contributed by atoms with van der Waals surface area (Å²) >= 11 is 0. The predicted molar refractivity (Wildman–Crippen MR) is 118 cm³/mol. The standard InChI is InChI=1S/C25H26N2O4/c1-30-23(20-12-6-3-7-13-20)25(29)27-22(24(26)28)16-19-11-8-14-21(15-19)31-17-18-9-4-2-5-10-18/h2-15,22-23H,16-17H2,1H3,(H2,26,28)(H,27,29)/t22-,23+/m1/s1. The highest BCUT2D eigenvalue weighted by atomic mass is 16.5. The quantitative estimate of drug-likeness (QED) is 0.529. The fourth-order valence-electron chi connectivity index (χ4n) is 3.23. The molecule has 160 valence electrons. The Hall–Kier alpha value is -3.64. The Morgan fingerprint density at radius 3 is 2.19 bits per heavy atom. The van der Waals surface area contributed by atoms with E-state index in [4.69, 9.17) is 15.2 Å². The van der Waals surface area contributed by atoms with E-state index in [1.54, 1.807) is 12.1 Å². The minimum Gasteiger partial charge on any atom is -0.489 e. The number of nitrogens with one attached hydrogen (secondary N) is 1. The van der Waals surface area contributed by atoms with Gasteiger partial charge in [-0.05, 0) is 28.8 Å². The molecule has 0 bridgehead atoms. The highest BCUT2D eigenvalue weighted by molar-refractivity contribution is 5.89. The minimum atomic E-state index is -0.877. The molecule has 0 aromatic heterocycles. The average Bonchev–Trinajstić information content (AvgIpc) is 2.79. The molecule has 2 amide bonds. The number of carbonyl (C=O) groups is 2. The molecule has 3 rings (SSSR count). The maximum atomic E-state index is 12.7. The number of amides is 2. The van der Waals surface area contributed by atoms with Crippen molar-refractivity contribution < 1.29 is 19.1 Å². The Morgan fingerprint density at radius 1 is 0.903 bits per heavy atom. The molecule has 0 aliphatic rings. The van der Waals surface area contributed by atoms with Crippen molar-refractivity contribution in [3.8, 4) is 5.75 Å². The largest absolute Gasteiger partial charge is 0.489 e. The smallest absolute Gasteiger partial charge is 0.254 e. The number of hydrogen-bond acceptors (Lipinski definition) is 4. The van der Waals surface area contributed by atoms with Crippen LogP contribution in [0.4, 0.5) is 0 Å². The van der Waals surface area contributed by atoms with Crippen LogP contribution in [0.15, 0.2) is 84.9 Å². The number of nitrogens with two attached hydrogens (primary N) is 1. The van der Waals surface area contributed by atoms with Crippen molar-refractivity contribution in [2.45, 2.75) is 25.2 Å². The molecule has 0 saturated carbocycles. The van der Waals surface area contributed by atoms with Crippen LogP contribution < -0.4 is 15.8 Å². The molecule has 0 aliphatic heterocycles. The summed E-state index contributed by atoms with van der Waals surface area (Å²) in [6, 6.07) is 25.4. The van der Waals surface area contributed by atoms with Gasteiger partial charge in [0.2, 0.25) is 5.91 Å². The van der Waals surface area contributed by atoms with E-state index in [2.05, 4.69) is 5.32 Å². The first-order chi connectivity index (χ1) is 15.1. The van der Waals surface area contributed by atoms with Gasteiger partial charge in [0.15, 0.2) is 6.10 Å². The number of carbonyl (C=O) groups excluding carboxylic acids is 2. The zero-order valence-corrected chi connectivity index (χ0v) is 17.4. The van der Waals surface area contributed by atoms with Crippen molar-refractivity contribution in [1.82, 2.24) is 5.32 Å². The van der Waals surface area contributed by atoms with E-state index >= 15 is 0 Å². The maximum absolute atomic E-state index is 12.7.